The van der Waals surface area contributed by atoms with Gasteiger partial charge in [0.1, 0.15) is 12.0 Å². The highest BCUT2D eigenvalue weighted by atomic mass is 35.5. The van der Waals surface area contributed by atoms with Crippen LogP contribution in [0.4, 0.5) is 0 Å². The number of amidine groups is 1. The van der Waals surface area contributed by atoms with E-state index in [0.29, 0.717) is 5.84 Å². The molecule has 1 saturated heterocycles. The Hall–Kier alpha value is -0.330. The maximum Gasteiger partial charge on any atom is 0.323 e. The standard InChI is InChI=1S/C8H14ClN3O2S/c9-6-8-11-15(13,14)10-7-4-2-1-3-5-12(7)8/h8,11H,1-6H2/t8-/m0/s1. The lowest BCUT2D eigenvalue weighted by Gasteiger charge is -2.34. The number of halogens is 1. The van der Waals surface area contributed by atoms with Crippen molar-refractivity contribution in [1.29, 1.82) is 0 Å². The van der Waals surface area contributed by atoms with Crippen LogP contribution in [0.2, 0.25) is 0 Å². The minimum absolute atomic E-state index is 0.248. The third-order valence-electron chi connectivity index (χ3n) is 2.66. The van der Waals surface area contributed by atoms with E-state index in [-0.39, 0.29) is 12.0 Å². The van der Waals surface area contributed by atoms with E-state index >= 15 is 0 Å². The van der Waals surface area contributed by atoms with Gasteiger partial charge in [0.25, 0.3) is 0 Å². The van der Waals surface area contributed by atoms with Gasteiger partial charge in [0.2, 0.25) is 0 Å². The summed E-state index contributed by atoms with van der Waals surface area (Å²) in [6.07, 6.45) is 3.58. The van der Waals surface area contributed by atoms with Gasteiger partial charge in [-0.25, -0.2) is 0 Å². The number of alkyl halides is 1. The van der Waals surface area contributed by atoms with Crippen molar-refractivity contribution < 1.29 is 8.42 Å². The van der Waals surface area contributed by atoms with Gasteiger partial charge in [0.15, 0.2) is 0 Å². The zero-order chi connectivity index (χ0) is 10.9. The van der Waals surface area contributed by atoms with Gasteiger partial charge in [-0.2, -0.15) is 13.1 Å². The summed E-state index contributed by atoms with van der Waals surface area (Å²) in [4.78, 5) is 1.97. The van der Waals surface area contributed by atoms with E-state index in [1.54, 1.807) is 0 Å². The van der Waals surface area contributed by atoms with E-state index in [1.165, 1.54) is 0 Å². The van der Waals surface area contributed by atoms with Gasteiger partial charge in [-0.05, 0) is 12.8 Å². The molecule has 0 aromatic carbocycles. The summed E-state index contributed by atoms with van der Waals surface area (Å²) < 4.78 is 29.0. The molecule has 0 aromatic heterocycles. The summed E-state index contributed by atoms with van der Waals surface area (Å²) in [5.41, 5.74) is 0. The predicted molar refractivity (Wildman–Crippen MR) is 59.2 cm³/mol. The molecule has 2 heterocycles. The molecule has 0 unspecified atom stereocenters. The van der Waals surface area contributed by atoms with Gasteiger partial charge in [-0.1, -0.05) is 6.42 Å². The number of hydrogen-bond donors (Lipinski definition) is 1. The fourth-order valence-electron chi connectivity index (χ4n) is 1.96. The highest BCUT2D eigenvalue weighted by Gasteiger charge is 2.31. The van der Waals surface area contributed by atoms with Crippen LogP contribution in [0.15, 0.2) is 4.40 Å². The van der Waals surface area contributed by atoms with Gasteiger partial charge in [-0.3, -0.25) is 0 Å². The molecule has 86 valence electrons. The fraction of sp³-hybridized carbons (Fsp3) is 0.875. The van der Waals surface area contributed by atoms with Gasteiger partial charge in [0, 0.05) is 13.0 Å². The Morgan fingerprint density at radius 2 is 2.27 bits per heavy atom. The van der Waals surface area contributed by atoms with Gasteiger partial charge >= 0.3 is 10.2 Å². The zero-order valence-corrected chi connectivity index (χ0v) is 9.89. The summed E-state index contributed by atoms with van der Waals surface area (Å²) in [5.74, 6) is 0.912. The lowest BCUT2D eigenvalue weighted by Crippen LogP contribution is -2.55. The molecule has 0 aliphatic carbocycles. The minimum atomic E-state index is -3.52. The molecular weight excluding hydrogens is 238 g/mol. The maximum absolute atomic E-state index is 11.4. The Morgan fingerprint density at radius 3 is 3.00 bits per heavy atom. The first kappa shape index (κ1) is 11.2. The predicted octanol–water partition coefficient (Wildman–Crippen LogP) is 0.674. The van der Waals surface area contributed by atoms with Crippen molar-refractivity contribution in [2.45, 2.75) is 31.8 Å². The van der Waals surface area contributed by atoms with Gasteiger partial charge < -0.3 is 4.90 Å². The molecule has 0 radical (unpaired) electrons. The largest absolute Gasteiger partial charge is 0.342 e. The van der Waals surface area contributed by atoms with E-state index in [9.17, 15) is 8.42 Å². The molecule has 2 rings (SSSR count). The summed E-state index contributed by atoms with van der Waals surface area (Å²) in [7, 11) is -3.52. The van der Waals surface area contributed by atoms with Crippen LogP contribution in [0.3, 0.4) is 0 Å². The Morgan fingerprint density at radius 1 is 1.47 bits per heavy atom. The SMILES string of the molecule is O=S1(=O)N=C2CCCCCN2[C@@H](CCl)N1. The van der Waals surface area contributed by atoms with Crippen molar-refractivity contribution in [2.75, 3.05) is 12.4 Å². The van der Waals surface area contributed by atoms with Crippen molar-refractivity contribution in [3.8, 4) is 0 Å². The van der Waals surface area contributed by atoms with Crippen LogP contribution in [0.5, 0.6) is 0 Å². The Balaban J connectivity index is 2.32. The average Bonchev–Trinajstić information content (AvgIpc) is 2.40. The summed E-state index contributed by atoms with van der Waals surface area (Å²) in [5, 5.41) is 0. The van der Waals surface area contributed by atoms with Gasteiger partial charge in [0.05, 0.1) is 5.88 Å². The van der Waals surface area contributed by atoms with Crippen LogP contribution in [-0.4, -0.2) is 37.7 Å². The van der Waals surface area contributed by atoms with Crippen molar-refractivity contribution in [3.63, 3.8) is 0 Å². The third-order valence-corrected chi connectivity index (χ3v) is 3.98. The van der Waals surface area contributed by atoms with E-state index < -0.39 is 10.2 Å². The van der Waals surface area contributed by atoms with Crippen LogP contribution < -0.4 is 4.72 Å². The molecular formula is C8H14ClN3O2S. The number of rotatable bonds is 1. The number of nitrogens with zero attached hydrogens (tertiary/aromatic N) is 2. The summed E-state index contributed by atoms with van der Waals surface area (Å²) >= 11 is 5.76. The van der Waals surface area contributed by atoms with Crippen LogP contribution in [0, 0.1) is 0 Å². The third kappa shape index (κ3) is 2.43. The molecule has 5 nitrogen and oxygen atoms in total. The highest BCUT2D eigenvalue weighted by Crippen LogP contribution is 2.19. The summed E-state index contributed by atoms with van der Waals surface area (Å²) in [6.45, 7) is 0.832. The van der Waals surface area contributed by atoms with Crippen LogP contribution in [0.25, 0.3) is 0 Å². The lowest BCUT2D eigenvalue weighted by molar-refractivity contribution is 0.309. The highest BCUT2D eigenvalue weighted by molar-refractivity contribution is 7.88. The molecule has 1 fully saturated rings. The molecule has 2 aliphatic rings. The smallest absolute Gasteiger partial charge is 0.323 e. The second kappa shape index (κ2) is 4.27. The molecule has 0 spiro atoms. The van der Waals surface area contributed by atoms with Gasteiger partial charge in [-0.15, -0.1) is 16.0 Å². The lowest BCUT2D eigenvalue weighted by atomic mass is 10.2. The first-order chi connectivity index (χ1) is 7.12. The van der Waals surface area contributed by atoms with Crippen molar-refractivity contribution in [3.05, 3.63) is 0 Å². The van der Waals surface area contributed by atoms with E-state index in [2.05, 4.69) is 9.12 Å². The number of nitrogens with one attached hydrogen (secondary N) is 1. The molecule has 0 aromatic rings. The first-order valence-corrected chi connectivity index (χ1v) is 7.03. The van der Waals surface area contributed by atoms with E-state index in [0.717, 1.165) is 32.2 Å². The number of hydrogen-bond acceptors (Lipinski definition) is 3. The molecule has 0 bridgehead atoms. The topological polar surface area (TPSA) is 61.8 Å². The molecule has 1 atom stereocenters. The molecule has 2 aliphatic heterocycles. The molecule has 0 saturated carbocycles. The van der Waals surface area contributed by atoms with Crippen LogP contribution in [-0.2, 0) is 10.2 Å². The van der Waals surface area contributed by atoms with E-state index in [4.69, 9.17) is 11.6 Å². The molecule has 0 amide bonds. The zero-order valence-electron chi connectivity index (χ0n) is 8.32. The Bertz CT molecular complexity index is 368. The van der Waals surface area contributed by atoms with Crippen LogP contribution >= 0.6 is 11.6 Å². The maximum atomic E-state index is 11.4. The molecule has 1 N–H and O–H groups in total. The quantitative estimate of drug-likeness (QED) is 0.697. The Kier molecular flexibility index (Phi) is 3.18. The fourth-order valence-corrected chi connectivity index (χ4v) is 3.38. The molecule has 15 heavy (non-hydrogen) atoms. The van der Waals surface area contributed by atoms with Crippen LogP contribution in [0.1, 0.15) is 25.7 Å². The minimum Gasteiger partial charge on any atom is -0.342 e. The van der Waals surface area contributed by atoms with Crippen molar-refractivity contribution >= 4 is 27.6 Å². The first-order valence-electron chi connectivity index (χ1n) is 5.06. The molecule has 7 heteroatoms. The average molecular weight is 252 g/mol. The van der Waals surface area contributed by atoms with Crippen molar-refractivity contribution in [1.82, 2.24) is 9.62 Å². The number of fused-ring (bicyclic) bond motifs is 1. The second-order valence-corrected chi connectivity index (χ2v) is 5.45. The summed E-state index contributed by atoms with van der Waals surface area (Å²) in [6, 6.07) is 0. The monoisotopic (exact) mass is 251 g/mol. The Labute approximate surface area is 94.7 Å². The normalized spacial score (nSPS) is 30.3. The van der Waals surface area contributed by atoms with Crippen molar-refractivity contribution in [2.24, 2.45) is 4.40 Å². The van der Waals surface area contributed by atoms with E-state index in [1.807, 2.05) is 4.90 Å². The second-order valence-electron chi connectivity index (χ2n) is 3.77.